The van der Waals surface area contributed by atoms with E-state index in [1.807, 2.05) is 61.0 Å². The molecule has 6 aliphatic rings. The van der Waals surface area contributed by atoms with E-state index in [0.29, 0.717) is 22.8 Å². The van der Waals surface area contributed by atoms with Gasteiger partial charge in [0.2, 0.25) is 0 Å². The number of hydrogen-bond acceptors (Lipinski definition) is 4. The monoisotopic (exact) mass is 466 g/mol. The molecule has 6 heteroatoms. The zero-order valence-electron chi connectivity index (χ0n) is 19.5. The van der Waals surface area contributed by atoms with E-state index in [1.54, 1.807) is 12.4 Å². The van der Waals surface area contributed by atoms with E-state index < -0.39 is 0 Å². The molecule has 4 heterocycles. The smallest absolute Gasteiger partial charge is 0.132 e. The summed E-state index contributed by atoms with van der Waals surface area (Å²) < 4.78 is 4.17. The Morgan fingerprint density at radius 1 is 0.639 bits per heavy atom. The number of hydrogen-bond donors (Lipinski definition) is 0. The van der Waals surface area contributed by atoms with E-state index in [4.69, 9.17) is 0 Å². The summed E-state index contributed by atoms with van der Waals surface area (Å²) in [5.41, 5.74) is 9.19. The molecule has 0 saturated heterocycles. The van der Waals surface area contributed by atoms with Crippen LogP contribution in [0.15, 0.2) is 86.2 Å². The van der Waals surface area contributed by atoms with Crippen LogP contribution in [0.3, 0.4) is 0 Å². The van der Waals surface area contributed by atoms with Gasteiger partial charge in [-0.2, -0.15) is 0 Å². The standard InChI is InChI=1S/C30H22N6/c1-3-24-13-11-21-7-5-9-28(21)35(24)17-15-23-19-32-30-26(33-34-27(30)20-31-23)16-18-36-25(4-2)14-12-22-8-6-10-29(22)36/h3-20H,1-2H2/b17-15+,18-16+. The molecule has 6 nitrogen and oxygen atoms in total. The molecule has 6 rings (SSSR count). The minimum Gasteiger partial charge on any atom is -0.317 e. The van der Waals surface area contributed by atoms with Crippen molar-refractivity contribution in [2.24, 2.45) is 0 Å². The minimum atomic E-state index is 0.632. The van der Waals surface area contributed by atoms with Crippen LogP contribution in [0, 0.1) is 0 Å². The van der Waals surface area contributed by atoms with E-state index in [-0.39, 0.29) is 0 Å². The molecule has 36 heavy (non-hydrogen) atoms. The highest BCUT2D eigenvalue weighted by Gasteiger charge is 2.13. The van der Waals surface area contributed by atoms with Crippen molar-refractivity contribution in [1.82, 2.24) is 29.3 Å². The first-order valence-electron chi connectivity index (χ1n) is 11.5. The Morgan fingerprint density at radius 3 is 1.92 bits per heavy atom. The van der Waals surface area contributed by atoms with Crippen molar-refractivity contribution in [3.8, 4) is 33.9 Å². The molecule has 0 saturated carbocycles. The van der Waals surface area contributed by atoms with Crippen LogP contribution in [-0.2, 0) is 0 Å². The van der Waals surface area contributed by atoms with E-state index in [1.165, 1.54) is 0 Å². The zero-order valence-corrected chi connectivity index (χ0v) is 19.5. The molecule has 0 unspecified atom stereocenters. The van der Waals surface area contributed by atoms with Gasteiger partial charge in [-0.25, -0.2) is 4.98 Å². The highest BCUT2D eigenvalue weighted by atomic mass is 15.1. The number of fused-ring (bicyclic) bond motifs is 3. The molecule has 0 amide bonds. The molecule has 0 radical (unpaired) electrons. The highest BCUT2D eigenvalue weighted by molar-refractivity contribution is 5.77. The number of rotatable bonds is 6. The molecule has 0 spiro atoms. The minimum absolute atomic E-state index is 0.632. The fourth-order valence-corrected chi connectivity index (χ4v) is 4.37. The van der Waals surface area contributed by atoms with Gasteiger partial charge in [-0.15, -0.1) is 10.2 Å². The topological polar surface area (TPSA) is 61.4 Å². The third-order valence-electron chi connectivity index (χ3n) is 6.20. The summed E-state index contributed by atoms with van der Waals surface area (Å²) in [5.74, 6) is 0. The van der Waals surface area contributed by atoms with Crippen LogP contribution in [0.1, 0.15) is 22.8 Å². The predicted molar refractivity (Wildman–Crippen MR) is 147 cm³/mol. The Labute approximate surface area is 209 Å². The Morgan fingerprint density at radius 2 is 1.28 bits per heavy atom. The average Bonchev–Trinajstić information content (AvgIpc) is 3.64. The largest absolute Gasteiger partial charge is 0.317 e. The van der Waals surface area contributed by atoms with Gasteiger partial charge in [-0.1, -0.05) is 49.6 Å². The summed E-state index contributed by atoms with van der Waals surface area (Å²) in [6.07, 6.45) is 14.9. The van der Waals surface area contributed by atoms with Gasteiger partial charge < -0.3 is 9.13 Å². The van der Waals surface area contributed by atoms with E-state index in [2.05, 4.69) is 78.9 Å². The Hall–Kier alpha value is -5.10. The lowest BCUT2D eigenvalue weighted by Gasteiger charge is -2.12. The molecular weight excluding hydrogens is 444 g/mol. The van der Waals surface area contributed by atoms with Crippen LogP contribution in [-0.4, -0.2) is 29.3 Å². The van der Waals surface area contributed by atoms with Crippen LogP contribution in [0.25, 0.3) is 70.6 Å². The molecule has 172 valence electrons. The first kappa shape index (κ1) is 21.4. The Bertz CT molecular complexity index is 1680. The first-order chi connectivity index (χ1) is 17.7. The van der Waals surface area contributed by atoms with Crippen molar-refractivity contribution in [2.75, 3.05) is 0 Å². The number of aromatic nitrogens is 6. The highest BCUT2D eigenvalue weighted by Crippen LogP contribution is 2.28. The maximum absolute atomic E-state index is 4.67. The number of nitrogens with zero attached hydrogens (tertiary/aromatic N) is 6. The fraction of sp³-hybridized carbons (Fsp3) is 0. The van der Waals surface area contributed by atoms with Crippen molar-refractivity contribution in [3.05, 3.63) is 109 Å². The molecule has 0 bridgehead atoms. The first-order valence-corrected chi connectivity index (χ1v) is 11.5. The van der Waals surface area contributed by atoms with Gasteiger partial charge >= 0.3 is 0 Å². The second kappa shape index (κ2) is 8.92. The third-order valence-corrected chi connectivity index (χ3v) is 6.20. The van der Waals surface area contributed by atoms with Crippen molar-refractivity contribution < 1.29 is 0 Å². The quantitative estimate of drug-likeness (QED) is 0.273. The molecule has 0 aromatic rings. The van der Waals surface area contributed by atoms with Gasteiger partial charge in [-0.3, -0.25) is 4.98 Å². The second-order valence-corrected chi connectivity index (χ2v) is 8.29. The molecule has 2 aliphatic carbocycles. The lowest BCUT2D eigenvalue weighted by atomic mass is 10.2. The van der Waals surface area contributed by atoms with Gasteiger partial charge in [0.1, 0.15) is 17.1 Å². The third kappa shape index (κ3) is 3.71. The number of pyridine rings is 2. The van der Waals surface area contributed by atoms with Crippen LogP contribution in [0.5, 0.6) is 0 Å². The van der Waals surface area contributed by atoms with Crippen molar-refractivity contribution in [1.29, 1.82) is 0 Å². The SMILES string of the molecule is C=Cc1ccc2cccc-2n1/C=C/c1cnc2c(/C=C/n3c(C=C)ccc4cccc3-4)nnc-2cn1. The average molecular weight is 467 g/mol. The summed E-state index contributed by atoms with van der Waals surface area (Å²) in [5, 5.41) is 8.61. The summed E-state index contributed by atoms with van der Waals surface area (Å²) in [4.78, 5) is 9.24. The van der Waals surface area contributed by atoms with Gasteiger partial charge in [0.15, 0.2) is 0 Å². The molecular formula is C30H22N6. The van der Waals surface area contributed by atoms with Gasteiger partial charge in [0.25, 0.3) is 0 Å². The van der Waals surface area contributed by atoms with Crippen molar-refractivity contribution in [2.45, 2.75) is 0 Å². The summed E-state index contributed by atoms with van der Waals surface area (Å²) in [6.45, 7) is 7.88. The van der Waals surface area contributed by atoms with Crippen molar-refractivity contribution in [3.63, 3.8) is 0 Å². The Kier molecular flexibility index (Phi) is 5.31. The molecule has 0 aromatic carbocycles. The van der Waals surface area contributed by atoms with Crippen molar-refractivity contribution >= 4 is 36.7 Å². The summed E-state index contributed by atoms with van der Waals surface area (Å²) in [7, 11) is 0. The zero-order chi connectivity index (χ0) is 24.5. The molecule has 0 fully saturated rings. The van der Waals surface area contributed by atoms with Crippen LogP contribution < -0.4 is 0 Å². The lowest BCUT2D eigenvalue weighted by molar-refractivity contribution is 1.08. The fourth-order valence-electron chi connectivity index (χ4n) is 4.37. The summed E-state index contributed by atoms with van der Waals surface area (Å²) in [6, 6.07) is 20.7. The molecule has 4 aliphatic heterocycles. The molecule has 0 N–H and O–H groups in total. The normalized spacial score (nSPS) is 11.9. The van der Waals surface area contributed by atoms with Gasteiger partial charge in [-0.05, 0) is 59.7 Å². The lowest BCUT2D eigenvalue weighted by Crippen LogP contribution is -1.98. The van der Waals surface area contributed by atoms with Crippen LogP contribution >= 0.6 is 0 Å². The van der Waals surface area contributed by atoms with Crippen LogP contribution in [0.2, 0.25) is 0 Å². The van der Waals surface area contributed by atoms with Crippen LogP contribution in [0.4, 0.5) is 0 Å². The maximum atomic E-state index is 4.67. The van der Waals surface area contributed by atoms with E-state index in [9.17, 15) is 0 Å². The molecule has 0 atom stereocenters. The molecule has 0 aromatic heterocycles. The van der Waals surface area contributed by atoms with E-state index in [0.717, 1.165) is 33.9 Å². The maximum Gasteiger partial charge on any atom is 0.132 e. The summed E-state index contributed by atoms with van der Waals surface area (Å²) >= 11 is 0. The second-order valence-electron chi connectivity index (χ2n) is 8.29. The Balaban J connectivity index is 1.34. The van der Waals surface area contributed by atoms with E-state index >= 15 is 0 Å². The van der Waals surface area contributed by atoms with Gasteiger partial charge in [0.05, 0.1) is 29.5 Å². The van der Waals surface area contributed by atoms with Gasteiger partial charge in [0, 0.05) is 23.8 Å². The predicted octanol–water partition coefficient (Wildman–Crippen LogP) is 6.73.